The second-order valence-corrected chi connectivity index (χ2v) is 8.17. The van der Waals surface area contributed by atoms with E-state index in [1.54, 1.807) is 11.0 Å². The van der Waals surface area contributed by atoms with Crippen LogP contribution < -0.4 is 0 Å². The average molecular weight is 411 g/mol. The quantitative estimate of drug-likeness (QED) is 0.745. The molecule has 2 heterocycles. The van der Waals surface area contributed by atoms with Crippen molar-refractivity contribution >= 4 is 11.9 Å². The van der Waals surface area contributed by atoms with Gasteiger partial charge in [-0.1, -0.05) is 36.4 Å². The van der Waals surface area contributed by atoms with Crippen molar-refractivity contribution in [3.63, 3.8) is 0 Å². The van der Waals surface area contributed by atoms with Gasteiger partial charge in [-0.15, -0.1) is 0 Å². The standard InChI is InChI=1S/C24H26FNO4/c1-16-7-8-20(25)9-18(16)12-23(27)19-10-21-14-29-15-22(11-19)26(21)24(28)30-13-17-5-3-2-4-6-17/h2-9,19,21-22H,10-15H2,1H3. The van der Waals surface area contributed by atoms with Crippen molar-refractivity contribution in [3.8, 4) is 0 Å². The van der Waals surface area contributed by atoms with Crippen LogP contribution in [0.5, 0.6) is 0 Å². The zero-order valence-electron chi connectivity index (χ0n) is 17.1. The summed E-state index contributed by atoms with van der Waals surface area (Å²) in [6.45, 7) is 2.91. The first-order valence-electron chi connectivity index (χ1n) is 10.4. The van der Waals surface area contributed by atoms with Gasteiger partial charge in [0.15, 0.2) is 0 Å². The minimum atomic E-state index is -0.357. The van der Waals surface area contributed by atoms with E-state index in [1.807, 2.05) is 37.3 Å². The second-order valence-electron chi connectivity index (χ2n) is 8.17. The van der Waals surface area contributed by atoms with E-state index in [-0.39, 0.29) is 48.7 Å². The number of rotatable bonds is 5. The molecular weight excluding hydrogens is 385 g/mol. The van der Waals surface area contributed by atoms with Crippen molar-refractivity contribution in [1.82, 2.24) is 4.90 Å². The number of hydrogen-bond acceptors (Lipinski definition) is 4. The second kappa shape index (κ2) is 8.96. The van der Waals surface area contributed by atoms with Crippen LogP contribution in [0.15, 0.2) is 48.5 Å². The fraction of sp³-hybridized carbons (Fsp3) is 0.417. The Labute approximate surface area is 175 Å². The molecule has 2 unspecified atom stereocenters. The van der Waals surface area contributed by atoms with E-state index in [9.17, 15) is 14.0 Å². The number of amides is 1. The van der Waals surface area contributed by atoms with E-state index in [0.29, 0.717) is 26.1 Å². The number of Topliss-reactive ketones (excluding diaryl/α,β-unsaturated/α-hetero) is 1. The van der Waals surface area contributed by atoms with Gasteiger partial charge in [0.25, 0.3) is 0 Å². The maximum Gasteiger partial charge on any atom is 0.410 e. The summed E-state index contributed by atoms with van der Waals surface area (Å²) < 4.78 is 24.8. The number of ketones is 1. The molecule has 158 valence electrons. The van der Waals surface area contributed by atoms with Crippen LogP contribution in [0, 0.1) is 18.7 Å². The molecule has 2 aliphatic heterocycles. The van der Waals surface area contributed by atoms with Gasteiger partial charge < -0.3 is 9.47 Å². The number of nitrogens with zero attached hydrogens (tertiary/aromatic N) is 1. The molecule has 0 N–H and O–H groups in total. The van der Waals surface area contributed by atoms with E-state index >= 15 is 0 Å². The van der Waals surface area contributed by atoms with Gasteiger partial charge in [0.1, 0.15) is 18.2 Å². The Bertz CT molecular complexity index is 903. The molecule has 0 saturated carbocycles. The molecule has 2 aliphatic rings. The lowest BCUT2D eigenvalue weighted by atomic mass is 9.81. The number of ether oxygens (including phenoxy) is 2. The average Bonchev–Trinajstić information content (AvgIpc) is 2.74. The predicted molar refractivity (Wildman–Crippen MR) is 109 cm³/mol. The van der Waals surface area contributed by atoms with Crippen LogP contribution in [-0.4, -0.2) is 42.1 Å². The summed E-state index contributed by atoms with van der Waals surface area (Å²) in [6.07, 6.45) is 0.949. The molecule has 2 aromatic carbocycles. The molecule has 2 atom stereocenters. The maximum atomic E-state index is 13.6. The number of carbonyl (C=O) groups is 2. The zero-order valence-corrected chi connectivity index (χ0v) is 17.1. The maximum absolute atomic E-state index is 13.6. The van der Waals surface area contributed by atoms with E-state index in [1.165, 1.54) is 12.1 Å². The van der Waals surface area contributed by atoms with Gasteiger partial charge in [0.2, 0.25) is 0 Å². The van der Waals surface area contributed by atoms with Gasteiger partial charge in [0, 0.05) is 12.3 Å². The van der Waals surface area contributed by atoms with Crippen molar-refractivity contribution in [1.29, 1.82) is 0 Å². The van der Waals surface area contributed by atoms with Gasteiger partial charge in [-0.05, 0) is 48.6 Å². The van der Waals surface area contributed by atoms with E-state index in [0.717, 1.165) is 16.7 Å². The normalized spacial score (nSPS) is 23.1. The molecule has 2 aromatic rings. The van der Waals surface area contributed by atoms with Crippen LogP contribution in [0.1, 0.15) is 29.5 Å². The Morgan fingerprint density at radius 2 is 1.80 bits per heavy atom. The number of aryl methyl sites for hydroxylation is 1. The molecule has 0 spiro atoms. The lowest BCUT2D eigenvalue weighted by molar-refractivity contribution is -0.130. The largest absolute Gasteiger partial charge is 0.445 e. The van der Waals surface area contributed by atoms with Gasteiger partial charge in [-0.3, -0.25) is 9.69 Å². The molecule has 30 heavy (non-hydrogen) atoms. The number of piperidine rings is 1. The van der Waals surface area contributed by atoms with Crippen LogP contribution >= 0.6 is 0 Å². The lowest BCUT2D eigenvalue weighted by Gasteiger charge is -2.47. The summed E-state index contributed by atoms with van der Waals surface area (Å²) >= 11 is 0. The van der Waals surface area contributed by atoms with Crippen LogP contribution in [0.2, 0.25) is 0 Å². The molecule has 2 fully saturated rings. The molecule has 5 nitrogen and oxygen atoms in total. The van der Waals surface area contributed by atoms with Crippen molar-refractivity contribution in [2.45, 2.75) is 44.9 Å². The highest BCUT2D eigenvalue weighted by atomic mass is 19.1. The predicted octanol–water partition coefficient (Wildman–Crippen LogP) is 4.06. The number of carbonyl (C=O) groups excluding carboxylic acids is 2. The molecular formula is C24H26FNO4. The Kier molecular flexibility index (Phi) is 6.13. The summed E-state index contributed by atoms with van der Waals surface area (Å²) in [6, 6.07) is 13.7. The van der Waals surface area contributed by atoms with Crippen molar-refractivity contribution in [3.05, 3.63) is 71.0 Å². The number of hydrogen-bond donors (Lipinski definition) is 0. The Morgan fingerprint density at radius 1 is 1.10 bits per heavy atom. The Hall–Kier alpha value is -2.73. The lowest BCUT2D eigenvalue weighted by Crippen LogP contribution is -2.60. The van der Waals surface area contributed by atoms with Crippen LogP contribution in [0.3, 0.4) is 0 Å². The SMILES string of the molecule is Cc1ccc(F)cc1CC(=O)C1CC2COCC(C1)N2C(=O)OCc1ccccc1. The summed E-state index contributed by atoms with van der Waals surface area (Å²) in [5.41, 5.74) is 2.57. The van der Waals surface area contributed by atoms with E-state index < -0.39 is 0 Å². The third-order valence-electron chi connectivity index (χ3n) is 6.07. The Morgan fingerprint density at radius 3 is 2.50 bits per heavy atom. The number of fused-ring (bicyclic) bond motifs is 2. The minimum Gasteiger partial charge on any atom is -0.445 e. The van der Waals surface area contributed by atoms with Crippen molar-refractivity contribution in [2.75, 3.05) is 13.2 Å². The Balaban J connectivity index is 1.39. The molecule has 2 bridgehead atoms. The molecule has 0 aromatic heterocycles. The number of morpholine rings is 1. The van der Waals surface area contributed by atoms with Gasteiger partial charge in [0.05, 0.1) is 25.3 Å². The fourth-order valence-corrected chi connectivity index (χ4v) is 4.43. The van der Waals surface area contributed by atoms with Gasteiger partial charge in [-0.25, -0.2) is 9.18 Å². The van der Waals surface area contributed by atoms with E-state index in [2.05, 4.69) is 0 Å². The van der Waals surface area contributed by atoms with Crippen molar-refractivity contribution in [2.24, 2.45) is 5.92 Å². The summed E-state index contributed by atoms with van der Waals surface area (Å²) in [7, 11) is 0. The monoisotopic (exact) mass is 411 g/mol. The molecule has 0 aliphatic carbocycles. The molecule has 4 rings (SSSR count). The highest BCUT2D eigenvalue weighted by Crippen LogP contribution is 2.33. The zero-order chi connectivity index (χ0) is 21.1. The molecule has 1 amide bonds. The topological polar surface area (TPSA) is 55.8 Å². The fourth-order valence-electron chi connectivity index (χ4n) is 4.43. The van der Waals surface area contributed by atoms with Crippen LogP contribution in [0.4, 0.5) is 9.18 Å². The summed E-state index contributed by atoms with van der Waals surface area (Å²) in [4.78, 5) is 27.5. The number of halogens is 1. The van der Waals surface area contributed by atoms with Crippen LogP contribution in [0.25, 0.3) is 0 Å². The first-order valence-corrected chi connectivity index (χ1v) is 10.4. The molecule has 2 saturated heterocycles. The third kappa shape index (κ3) is 4.54. The van der Waals surface area contributed by atoms with Crippen LogP contribution in [-0.2, 0) is 27.3 Å². The smallest absolute Gasteiger partial charge is 0.410 e. The first kappa shape index (κ1) is 20.5. The molecule has 0 radical (unpaired) electrons. The summed E-state index contributed by atoms with van der Waals surface area (Å²) in [5, 5.41) is 0. The highest BCUT2D eigenvalue weighted by Gasteiger charge is 2.44. The van der Waals surface area contributed by atoms with Gasteiger partial charge >= 0.3 is 6.09 Å². The minimum absolute atomic E-state index is 0.0953. The highest BCUT2D eigenvalue weighted by molar-refractivity contribution is 5.84. The summed E-state index contributed by atoms with van der Waals surface area (Å²) in [5.74, 6) is -0.396. The van der Waals surface area contributed by atoms with E-state index in [4.69, 9.17) is 9.47 Å². The number of benzene rings is 2. The third-order valence-corrected chi connectivity index (χ3v) is 6.07. The van der Waals surface area contributed by atoms with Gasteiger partial charge in [-0.2, -0.15) is 0 Å². The molecule has 6 heteroatoms. The van der Waals surface area contributed by atoms with Crippen molar-refractivity contribution < 1.29 is 23.5 Å². The first-order chi connectivity index (χ1) is 14.5.